The number of hydrogen-bond donors (Lipinski definition) is 1. The summed E-state index contributed by atoms with van der Waals surface area (Å²) >= 11 is 6.22. The summed E-state index contributed by atoms with van der Waals surface area (Å²) in [6.45, 7) is 3.34. The molecule has 0 spiro atoms. The van der Waals surface area contributed by atoms with E-state index < -0.39 is 21.4 Å². The second-order valence-electron chi connectivity index (χ2n) is 7.85. The minimum atomic E-state index is -4.06. The van der Waals surface area contributed by atoms with E-state index in [9.17, 15) is 8.42 Å². The van der Waals surface area contributed by atoms with Gasteiger partial charge in [0.25, 0.3) is 0 Å². The van der Waals surface area contributed by atoms with Crippen LogP contribution in [0.25, 0.3) is 17.2 Å². The molecule has 0 fully saturated rings. The van der Waals surface area contributed by atoms with Crippen LogP contribution in [0.15, 0.2) is 54.9 Å². The molecule has 4 aromatic rings. The average molecular weight is 530 g/mol. The molecule has 1 N–H and O–H groups in total. The lowest BCUT2D eigenvalue weighted by Crippen LogP contribution is -2.33. The topological polar surface area (TPSA) is 134 Å². The van der Waals surface area contributed by atoms with Gasteiger partial charge in [-0.25, -0.2) is 23.4 Å². The van der Waals surface area contributed by atoms with E-state index in [1.807, 2.05) is 6.92 Å². The molecule has 11 nitrogen and oxygen atoms in total. The van der Waals surface area contributed by atoms with Crippen LogP contribution in [0.3, 0.4) is 0 Å². The Kier molecular flexibility index (Phi) is 7.48. The van der Waals surface area contributed by atoms with Crippen LogP contribution in [-0.2, 0) is 14.8 Å². The Bertz CT molecular complexity index is 1460. The number of rotatable bonds is 9. The molecule has 4 rings (SSSR count). The fourth-order valence-electron chi connectivity index (χ4n) is 3.47. The first-order valence-electron chi connectivity index (χ1n) is 10.8. The van der Waals surface area contributed by atoms with Crippen molar-refractivity contribution in [1.82, 2.24) is 29.7 Å². The summed E-state index contributed by atoms with van der Waals surface area (Å²) in [6, 6.07) is 12.0. The smallest absolute Gasteiger partial charge is 0.243 e. The highest BCUT2D eigenvalue weighted by atomic mass is 35.5. The van der Waals surface area contributed by atoms with Gasteiger partial charge in [-0.3, -0.25) is 9.29 Å². The van der Waals surface area contributed by atoms with Crippen molar-refractivity contribution in [2.75, 3.05) is 18.9 Å². The Balaban J connectivity index is 1.76. The second kappa shape index (κ2) is 10.6. The van der Waals surface area contributed by atoms with Crippen molar-refractivity contribution >= 4 is 27.6 Å². The molecule has 13 heteroatoms. The Morgan fingerprint density at radius 1 is 1.06 bits per heavy atom. The first-order valence-corrected chi connectivity index (χ1v) is 12.7. The SMILES string of the molecule is COc1cccc(-c2nnc(NS(=O)(=O)C(C)C(OC)c3ncc(C)cn3)n2-c2cccc(Cl)c2)n1. The lowest BCUT2D eigenvalue weighted by atomic mass is 10.2. The number of halogens is 1. The molecule has 36 heavy (non-hydrogen) atoms. The van der Waals surface area contributed by atoms with Crippen LogP contribution >= 0.6 is 11.6 Å². The van der Waals surface area contributed by atoms with E-state index in [4.69, 9.17) is 21.1 Å². The summed E-state index contributed by atoms with van der Waals surface area (Å²) in [4.78, 5) is 12.9. The summed E-state index contributed by atoms with van der Waals surface area (Å²) < 4.78 is 41.6. The molecule has 0 saturated heterocycles. The molecule has 2 unspecified atom stereocenters. The first kappa shape index (κ1) is 25.5. The number of aryl methyl sites for hydroxylation is 1. The molecule has 0 aliphatic heterocycles. The average Bonchev–Trinajstić information content (AvgIpc) is 3.28. The van der Waals surface area contributed by atoms with Crippen LogP contribution in [-0.4, -0.2) is 57.6 Å². The number of hydrogen-bond acceptors (Lipinski definition) is 9. The van der Waals surface area contributed by atoms with Gasteiger partial charge in [0, 0.05) is 30.6 Å². The van der Waals surface area contributed by atoms with Crippen molar-refractivity contribution in [1.29, 1.82) is 0 Å². The Labute approximate surface area is 213 Å². The van der Waals surface area contributed by atoms with Crippen molar-refractivity contribution < 1.29 is 17.9 Å². The van der Waals surface area contributed by atoms with Crippen molar-refractivity contribution in [3.63, 3.8) is 0 Å². The Hall–Kier alpha value is -3.61. The van der Waals surface area contributed by atoms with Crippen LogP contribution in [0.5, 0.6) is 5.88 Å². The monoisotopic (exact) mass is 529 g/mol. The number of sulfonamides is 1. The molecule has 1 aromatic carbocycles. The van der Waals surface area contributed by atoms with Gasteiger partial charge in [0.1, 0.15) is 17.0 Å². The fourth-order valence-corrected chi connectivity index (χ4v) is 4.78. The highest BCUT2D eigenvalue weighted by Gasteiger charge is 2.34. The van der Waals surface area contributed by atoms with Gasteiger partial charge in [0.2, 0.25) is 21.9 Å². The number of ether oxygens (including phenoxy) is 2. The Morgan fingerprint density at radius 2 is 1.78 bits per heavy atom. The minimum absolute atomic E-state index is 0.0524. The number of anilines is 1. The molecular formula is C23H24ClN7O4S. The van der Waals surface area contributed by atoms with Gasteiger partial charge >= 0.3 is 0 Å². The van der Waals surface area contributed by atoms with Crippen LogP contribution in [0.2, 0.25) is 5.02 Å². The van der Waals surface area contributed by atoms with Crippen LogP contribution < -0.4 is 9.46 Å². The third-order valence-electron chi connectivity index (χ3n) is 5.35. The van der Waals surface area contributed by atoms with Gasteiger partial charge in [-0.05, 0) is 43.7 Å². The number of nitrogens with one attached hydrogen (secondary N) is 1. The van der Waals surface area contributed by atoms with Crippen LogP contribution in [0.4, 0.5) is 5.95 Å². The zero-order valence-corrected chi connectivity index (χ0v) is 21.5. The van der Waals surface area contributed by atoms with E-state index in [-0.39, 0.29) is 17.6 Å². The predicted molar refractivity (Wildman–Crippen MR) is 135 cm³/mol. The number of pyridine rings is 1. The molecule has 0 aliphatic carbocycles. The molecule has 0 aliphatic rings. The number of methoxy groups -OCH3 is 2. The fraction of sp³-hybridized carbons (Fsp3) is 0.261. The third kappa shape index (κ3) is 5.30. The van der Waals surface area contributed by atoms with Crippen molar-refractivity contribution in [3.05, 3.63) is 71.3 Å². The standard InChI is InChI=1S/C23H24ClN7O4S/c1-14-12-25-21(26-13-14)20(35-4)15(2)36(32,33)30-23-29-28-22(18-9-6-10-19(27-18)34-3)31(23)17-8-5-7-16(24)11-17/h5-13,15,20H,1-4H3,(H,29,30). The highest BCUT2D eigenvalue weighted by Crippen LogP contribution is 2.29. The predicted octanol–water partition coefficient (Wildman–Crippen LogP) is 3.61. The van der Waals surface area contributed by atoms with Gasteiger partial charge in [0.05, 0.1) is 12.8 Å². The largest absolute Gasteiger partial charge is 0.481 e. The Morgan fingerprint density at radius 3 is 2.44 bits per heavy atom. The van der Waals surface area contributed by atoms with Gasteiger partial charge in [0.15, 0.2) is 11.6 Å². The quantitative estimate of drug-likeness (QED) is 0.345. The van der Waals surface area contributed by atoms with Gasteiger partial charge in [-0.2, -0.15) is 0 Å². The number of nitrogens with zero attached hydrogens (tertiary/aromatic N) is 6. The van der Waals surface area contributed by atoms with E-state index in [0.717, 1.165) is 5.56 Å². The van der Waals surface area contributed by atoms with E-state index >= 15 is 0 Å². The van der Waals surface area contributed by atoms with E-state index in [0.29, 0.717) is 22.3 Å². The number of benzene rings is 1. The normalized spacial score (nSPS) is 13.2. The lowest BCUT2D eigenvalue weighted by molar-refractivity contribution is 0.0949. The van der Waals surface area contributed by atoms with Gasteiger partial charge < -0.3 is 9.47 Å². The van der Waals surface area contributed by atoms with E-state index in [1.54, 1.807) is 54.9 Å². The third-order valence-corrected chi connectivity index (χ3v) is 7.28. The second-order valence-corrected chi connectivity index (χ2v) is 10.3. The summed E-state index contributed by atoms with van der Waals surface area (Å²) in [6.07, 6.45) is 2.28. The summed E-state index contributed by atoms with van der Waals surface area (Å²) in [5, 5.41) is 7.70. The van der Waals surface area contributed by atoms with E-state index in [2.05, 4.69) is 29.9 Å². The molecule has 0 saturated carbocycles. The number of aromatic nitrogens is 6. The highest BCUT2D eigenvalue weighted by molar-refractivity contribution is 7.93. The molecular weight excluding hydrogens is 506 g/mol. The summed E-state index contributed by atoms with van der Waals surface area (Å²) in [5.74, 6) is 0.846. The maximum absolute atomic E-state index is 13.4. The summed E-state index contributed by atoms with van der Waals surface area (Å²) in [7, 11) is -1.16. The molecule has 3 aromatic heterocycles. The lowest BCUT2D eigenvalue weighted by Gasteiger charge is -2.22. The zero-order valence-electron chi connectivity index (χ0n) is 20.0. The minimum Gasteiger partial charge on any atom is -0.481 e. The molecule has 0 amide bonds. The van der Waals surface area contributed by atoms with Crippen LogP contribution in [0, 0.1) is 6.92 Å². The van der Waals surface area contributed by atoms with Crippen molar-refractivity contribution in [3.8, 4) is 23.1 Å². The van der Waals surface area contributed by atoms with Crippen molar-refractivity contribution in [2.24, 2.45) is 0 Å². The van der Waals surface area contributed by atoms with Crippen molar-refractivity contribution in [2.45, 2.75) is 25.2 Å². The molecule has 188 valence electrons. The van der Waals surface area contributed by atoms with Gasteiger partial charge in [-0.15, -0.1) is 10.2 Å². The van der Waals surface area contributed by atoms with Crippen LogP contribution in [0.1, 0.15) is 24.4 Å². The molecule has 2 atom stereocenters. The maximum atomic E-state index is 13.4. The zero-order chi connectivity index (χ0) is 25.9. The molecule has 0 bridgehead atoms. The summed E-state index contributed by atoms with van der Waals surface area (Å²) in [5.41, 5.74) is 1.79. The maximum Gasteiger partial charge on any atom is 0.243 e. The molecule has 3 heterocycles. The van der Waals surface area contributed by atoms with Gasteiger partial charge in [-0.1, -0.05) is 23.7 Å². The first-order chi connectivity index (χ1) is 17.2. The molecule has 0 radical (unpaired) electrons. The van der Waals surface area contributed by atoms with E-state index in [1.165, 1.54) is 25.7 Å².